The van der Waals surface area contributed by atoms with Crippen molar-refractivity contribution in [1.82, 2.24) is 14.8 Å². The molecule has 10 nitrogen and oxygen atoms in total. The fourth-order valence-electron chi connectivity index (χ4n) is 4.28. The van der Waals surface area contributed by atoms with Crippen molar-refractivity contribution >= 4 is 38.6 Å². The van der Waals surface area contributed by atoms with E-state index in [1.807, 2.05) is 0 Å². The van der Waals surface area contributed by atoms with Crippen molar-refractivity contribution in [2.75, 3.05) is 37.5 Å². The Bertz CT molecular complexity index is 1530. The summed E-state index contributed by atoms with van der Waals surface area (Å²) >= 11 is 0. The van der Waals surface area contributed by atoms with Crippen LogP contribution < -0.4 is 9.46 Å². The number of rotatable bonds is 7. The largest absolute Gasteiger partial charge is 0.573 e. The van der Waals surface area contributed by atoms with Crippen molar-refractivity contribution < 1.29 is 40.7 Å². The number of alkyl halides is 3. The normalized spacial score (nSPS) is 16.1. The number of anilines is 1. The summed E-state index contributed by atoms with van der Waals surface area (Å²) in [6.07, 6.45) is -2.14. The number of nitrogens with one attached hydrogen (secondary N) is 1. The van der Waals surface area contributed by atoms with E-state index < -0.39 is 39.8 Å². The molecule has 2 heterocycles. The third kappa shape index (κ3) is 6.38. The molecule has 2 fully saturated rings. The van der Waals surface area contributed by atoms with E-state index in [9.17, 15) is 31.2 Å². The van der Waals surface area contributed by atoms with Crippen LogP contribution in [0.15, 0.2) is 59.6 Å². The molecule has 1 aliphatic heterocycles. The molecule has 0 spiro atoms. The lowest BCUT2D eigenvalue weighted by atomic mass is 10.1. The first-order chi connectivity index (χ1) is 19.0. The van der Waals surface area contributed by atoms with Crippen molar-refractivity contribution in [3.05, 3.63) is 60.3 Å². The number of benzene rings is 2. The molecule has 3 aromatic rings. The van der Waals surface area contributed by atoms with Gasteiger partial charge in [-0.1, -0.05) is 18.2 Å². The zero-order chi connectivity index (χ0) is 28.5. The third-order valence-electron chi connectivity index (χ3n) is 6.55. The van der Waals surface area contributed by atoms with Crippen LogP contribution in [0.5, 0.6) is 5.75 Å². The molecule has 1 saturated heterocycles. The monoisotopic (exact) mass is 578 g/mol. The number of amides is 2. The zero-order valence-electron chi connectivity index (χ0n) is 21.1. The maximum atomic E-state index is 13.3. The number of aromatic nitrogens is 1. The van der Waals surface area contributed by atoms with Crippen LogP contribution in [0.2, 0.25) is 0 Å². The van der Waals surface area contributed by atoms with Crippen LogP contribution in [0.1, 0.15) is 23.2 Å². The minimum atomic E-state index is -5.16. The van der Waals surface area contributed by atoms with Crippen LogP contribution in [0.4, 0.5) is 23.7 Å². The van der Waals surface area contributed by atoms with E-state index in [1.165, 1.54) is 34.2 Å². The van der Waals surface area contributed by atoms with Crippen LogP contribution in [-0.4, -0.2) is 74.4 Å². The second kappa shape index (κ2) is 10.8. The third-order valence-corrected chi connectivity index (χ3v) is 7.95. The van der Waals surface area contributed by atoms with Crippen LogP contribution >= 0.6 is 0 Å². The van der Waals surface area contributed by atoms with Crippen molar-refractivity contribution in [3.8, 4) is 5.75 Å². The van der Waals surface area contributed by atoms with Crippen LogP contribution in [0, 0.1) is 5.92 Å². The predicted molar refractivity (Wildman–Crippen MR) is 137 cm³/mol. The Balaban J connectivity index is 1.33. The molecular formula is C26H25F3N4O6S. The highest BCUT2D eigenvalue weighted by molar-refractivity contribution is 7.93. The minimum Gasteiger partial charge on any atom is -0.449 e. The van der Waals surface area contributed by atoms with E-state index in [1.54, 1.807) is 18.2 Å². The van der Waals surface area contributed by atoms with Gasteiger partial charge in [-0.2, -0.15) is 0 Å². The standard InChI is InChI=1S/C26H25F3N4O6S/c27-26(28,29)39-21-15-19(24(34)32-11-13-33(14-12-32)25(35)38-16-17-6-7-17)8-9-20(21)31-40(36,37)22-5-1-3-18-4-2-10-30-23(18)22/h1-5,8-10,15,17,31H,6-7,11-14,16H2. The van der Waals surface area contributed by atoms with Gasteiger partial charge in [0, 0.05) is 43.3 Å². The van der Waals surface area contributed by atoms with Crippen molar-refractivity contribution in [2.24, 2.45) is 5.92 Å². The number of carbonyl (C=O) groups is 2. The Hall–Kier alpha value is -4.07. The number of piperazine rings is 1. The minimum absolute atomic E-state index is 0.137. The number of para-hydroxylation sites is 1. The molecule has 0 unspecified atom stereocenters. The number of halogens is 3. The lowest BCUT2D eigenvalue weighted by Gasteiger charge is -2.34. The highest BCUT2D eigenvalue weighted by Crippen LogP contribution is 2.34. The Kier molecular flexibility index (Phi) is 7.45. The van der Waals surface area contributed by atoms with E-state index >= 15 is 0 Å². The van der Waals surface area contributed by atoms with Gasteiger partial charge in [-0.15, -0.1) is 13.2 Å². The quantitative estimate of drug-likeness (QED) is 0.446. The summed E-state index contributed by atoms with van der Waals surface area (Å²) in [7, 11) is -4.40. The highest BCUT2D eigenvalue weighted by atomic mass is 32.2. The number of nitrogens with zero attached hydrogens (tertiary/aromatic N) is 3. The maximum Gasteiger partial charge on any atom is 0.573 e. The number of sulfonamides is 1. The Morgan fingerprint density at radius 3 is 2.40 bits per heavy atom. The van der Waals surface area contributed by atoms with E-state index in [0.717, 1.165) is 25.0 Å². The molecular weight excluding hydrogens is 553 g/mol. The Morgan fingerprint density at radius 2 is 1.70 bits per heavy atom. The molecule has 1 aliphatic carbocycles. The van der Waals surface area contributed by atoms with E-state index in [-0.39, 0.29) is 42.2 Å². The van der Waals surface area contributed by atoms with Gasteiger partial charge in [0.15, 0.2) is 5.75 Å². The number of ether oxygens (including phenoxy) is 2. The first-order valence-electron chi connectivity index (χ1n) is 12.5. The van der Waals surface area contributed by atoms with Gasteiger partial charge in [0.25, 0.3) is 15.9 Å². The molecule has 40 heavy (non-hydrogen) atoms. The number of carbonyl (C=O) groups excluding carboxylic acids is 2. The van der Waals surface area contributed by atoms with Gasteiger partial charge in [-0.3, -0.25) is 14.5 Å². The number of pyridine rings is 1. The fourth-order valence-corrected chi connectivity index (χ4v) is 5.53. The molecule has 1 saturated carbocycles. The Labute approximate surface area is 227 Å². The van der Waals surface area contributed by atoms with Crippen LogP contribution in [0.3, 0.4) is 0 Å². The van der Waals surface area contributed by atoms with E-state index in [0.29, 0.717) is 17.9 Å². The summed E-state index contributed by atoms with van der Waals surface area (Å²) in [5.74, 6) is -1.07. The molecule has 14 heteroatoms. The molecule has 2 amide bonds. The topological polar surface area (TPSA) is 118 Å². The van der Waals surface area contributed by atoms with Gasteiger partial charge >= 0.3 is 12.5 Å². The van der Waals surface area contributed by atoms with Crippen LogP contribution in [-0.2, 0) is 14.8 Å². The van der Waals surface area contributed by atoms with Gasteiger partial charge in [0.1, 0.15) is 4.90 Å². The second-order valence-electron chi connectivity index (χ2n) is 9.50. The molecule has 2 aliphatic rings. The van der Waals surface area contributed by atoms with Gasteiger partial charge in [-0.05, 0) is 49.1 Å². The molecule has 212 valence electrons. The lowest BCUT2D eigenvalue weighted by Crippen LogP contribution is -2.50. The van der Waals surface area contributed by atoms with Crippen molar-refractivity contribution in [2.45, 2.75) is 24.1 Å². The molecule has 1 N–H and O–H groups in total. The smallest absolute Gasteiger partial charge is 0.449 e. The Morgan fingerprint density at radius 1 is 1.00 bits per heavy atom. The second-order valence-corrected chi connectivity index (χ2v) is 11.1. The van der Waals surface area contributed by atoms with Gasteiger partial charge in [0.05, 0.1) is 17.8 Å². The van der Waals surface area contributed by atoms with Gasteiger partial charge in [0.2, 0.25) is 0 Å². The van der Waals surface area contributed by atoms with Gasteiger partial charge in [-0.25, -0.2) is 13.2 Å². The highest BCUT2D eigenvalue weighted by Gasteiger charge is 2.34. The molecule has 2 aromatic carbocycles. The van der Waals surface area contributed by atoms with Gasteiger partial charge < -0.3 is 19.3 Å². The van der Waals surface area contributed by atoms with Crippen molar-refractivity contribution in [3.63, 3.8) is 0 Å². The average molecular weight is 579 g/mol. The number of hydrogen-bond acceptors (Lipinski definition) is 7. The van der Waals surface area contributed by atoms with E-state index in [4.69, 9.17) is 4.74 Å². The summed E-state index contributed by atoms with van der Waals surface area (Å²) in [4.78, 5) is 32.0. The predicted octanol–water partition coefficient (Wildman–Crippen LogP) is 4.24. The maximum absolute atomic E-state index is 13.3. The summed E-state index contributed by atoms with van der Waals surface area (Å²) in [6.45, 7) is 1.08. The first kappa shape index (κ1) is 27.5. The SMILES string of the molecule is O=C(OCC1CC1)N1CCN(C(=O)c2ccc(NS(=O)(=O)c3cccc4cccnc34)c(OC(F)(F)F)c2)CC1. The molecule has 1 aromatic heterocycles. The summed E-state index contributed by atoms with van der Waals surface area (Å²) in [6, 6.07) is 10.8. The van der Waals surface area contributed by atoms with Crippen LogP contribution in [0.25, 0.3) is 10.9 Å². The zero-order valence-corrected chi connectivity index (χ0v) is 21.9. The number of hydrogen-bond donors (Lipinski definition) is 1. The molecule has 0 atom stereocenters. The lowest BCUT2D eigenvalue weighted by molar-refractivity contribution is -0.274. The summed E-state index contributed by atoms with van der Waals surface area (Å²) in [5, 5.41) is 0.523. The molecule has 0 radical (unpaired) electrons. The first-order valence-corrected chi connectivity index (χ1v) is 14.0. The van der Waals surface area contributed by atoms with Crippen molar-refractivity contribution in [1.29, 1.82) is 0 Å². The summed E-state index contributed by atoms with van der Waals surface area (Å²) in [5.41, 5.74) is -0.512. The fraction of sp³-hybridized carbons (Fsp3) is 0.346. The number of fused-ring (bicyclic) bond motifs is 1. The summed E-state index contributed by atoms with van der Waals surface area (Å²) < 4.78 is 77.6. The van der Waals surface area contributed by atoms with E-state index in [2.05, 4.69) is 14.4 Å². The average Bonchev–Trinajstić information content (AvgIpc) is 3.76. The molecule has 0 bridgehead atoms. The molecule has 5 rings (SSSR count).